The number of aliphatic hydroxyl groups excluding tert-OH is 1. The molecule has 5 N–H and O–H groups in total. The summed E-state index contributed by atoms with van der Waals surface area (Å²) in [5, 5.41) is 22.7. The number of fused-ring (bicyclic) bond motifs is 7. The number of hydrogen-bond donors (Lipinski definition) is 4. The Balaban J connectivity index is 1.04. The topological polar surface area (TPSA) is 139 Å². The molecule has 7 rings (SSSR count). The highest BCUT2D eigenvalue weighted by Gasteiger charge is 2.71. The number of aliphatic hydroxyl groups is 1. The monoisotopic (exact) mass is 771 g/mol. The number of nitrogens with two attached hydrogens (primary N) is 1. The van der Waals surface area contributed by atoms with Gasteiger partial charge in [0.05, 0.1) is 16.4 Å². The summed E-state index contributed by atoms with van der Waals surface area (Å²) in [6.45, 7) is 19.9. The number of amides is 2. The van der Waals surface area contributed by atoms with E-state index in [0.29, 0.717) is 48.7 Å². The standard InChI is InChI=1S/C46H65N3O5S/c1-29(2)34-17-23-46(41(52)49-28-31-9-8-10-32(27-31)40(51)48-26-20-30-11-13-33(14-12-30)55(47,53)54)25-24-44(6)35(39(34)46)15-16-37-43(5)21-19-38(50)42(3,4)36(43)18-22-45(37,44)7/h8-14,27,34-39,50H,1,15-26,28H2,2-7H3,(H,48,51)(H,49,52)(H2,47,53,54)/t34-,35?,36?,37+,38-,39+,43-,44+,45+,46-/m0/s1. The van der Waals surface area contributed by atoms with Gasteiger partial charge in [0.2, 0.25) is 15.9 Å². The number of carbonyl (C=O) groups is 2. The first kappa shape index (κ1) is 40.2. The van der Waals surface area contributed by atoms with Crippen LogP contribution >= 0.6 is 0 Å². The molecule has 0 spiro atoms. The number of nitrogens with one attached hydrogen (secondary N) is 2. The molecule has 2 unspecified atom stereocenters. The van der Waals surface area contributed by atoms with E-state index in [0.717, 1.165) is 56.1 Å². The fourth-order valence-corrected chi connectivity index (χ4v) is 14.5. The van der Waals surface area contributed by atoms with Crippen molar-refractivity contribution in [3.8, 4) is 0 Å². The molecule has 9 heteroatoms. The first-order chi connectivity index (χ1) is 25.8. The molecule has 5 aliphatic rings. The van der Waals surface area contributed by atoms with Gasteiger partial charge < -0.3 is 15.7 Å². The van der Waals surface area contributed by atoms with Crippen LogP contribution < -0.4 is 15.8 Å². The van der Waals surface area contributed by atoms with Crippen molar-refractivity contribution in [2.24, 2.45) is 61.8 Å². The summed E-state index contributed by atoms with van der Waals surface area (Å²) < 4.78 is 23.1. The second-order valence-electron chi connectivity index (χ2n) is 19.8. The van der Waals surface area contributed by atoms with E-state index in [1.54, 1.807) is 18.2 Å². The van der Waals surface area contributed by atoms with E-state index >= 15 is 0 Å². The minimum Gasteiger partial charge on any atom is -0.393 e. The van der Waals surface area contributed by atoms with Gasteiger partial charge in [-0.1, -0.05) is 71.0 Å². The molecule has 0 aliphatic heterocycles. The zero-order valence-electron chi connectivity index (χ0n) is 34.0. The first-order valence-corrected chi connectivity index (χ1v) is 22.4. The Morgan fingerprint density at radius 1 is 0.836 bits per heavy atom. The molecule has 0 heterocycles. The van der Waals surface area contributed by atoms with E-state index in [4.69, 9.17) is 5.14 Å². The number of rotatable bonds is 9. The van der Waals surface area contributed by atoms with Crippen LogP contribution in [0.1, 0.15) is 127 Å². The third kappa shape index (κ3) is 6.52. The predicted octanol–water partition coefficient (Wildman–Crippen LogP) is 7.94. The second kappa shape index (κ2) is 14.1. The van der Waals surface area contributed by atoms with Crippen molar-refractivity contribution in [2.45, 2.75) is 130 Å². The van der Waals surface area contributed by atoms with Crippen molar-refractivity contribution >= 4 is 21.8 Å². The summed E-state index contributed by atoms with van der Waals surface area (Å²) in [5.41, 5.74) is 3.58. The Morgan fingerprint density at radius 3 is 2.25 bits per heavy atom. The van der Waals surface area contributed by atoms with Crippen molar-refractivity contribution in [3.05, 3.63) is 77.4 Å². The van der Waals surface area contributed by atoms with Gasteiger partial charge in [0.25, 0.3) is 5.91 Å². The molecular formula is C46H65N3O5S. The van der Waals surface area contributed by atoms with Crippen molar-refractivity contribution < 1.29 is 23.1 Å². The Labute approximate surface area is 329 Å². The minimum absolute atomic E-state index is 0.0597. The summed E-state index contributed by atoms with van der Waals surface area (Å²) in [7, 11) is -3.75. The average Bonchev–Trinajstić information content (AvgIpc) is 3.54. The van der Waals surface area contributed by atoms with E-state index in [9.17, 15) is 23.1 Å². The van der Waals surface area contributed by atoms with Crippen LogP contribution in [0.3, 0.4) is 0 Å². The van der Waals surface area contributed by atoms with Gasteiger partial charge in [0.1, 0.15) is 0 Å². The van der Waals surface area contributed by atoms with Crippen LogP contribution in [0.5, 0.6) is 0 Å². The van der Waals surface area contributed by atoms with Gasteiger partial charge in [-0.3, -0.25) is 9.59 Å². The minimum atomic E-state index is -3.75. The van der Waals surface area contributed by atoms with Gasteiger partial charge >= 0.3 is 0 Å². The lowest BCUT2D eigenvalue weighted by Crippen LogP contribution is -2.67. The maximum absolute atomic E-state index is 14.7. The summed E-state index contributed by atoms with van der Waals surface area (Å²) in [6.07, 6.45) is 10.9. The van der Waals surface area contributed by atoms with E-state index in [-0.39, 0.29) is 50.4 Å². The molecule has 10 atom stereocenters. The smallest absolute Gasteiger partial charge is 0.251 e. The number of hydrogen-bond acceptors (Lipinski definition) is 5. The highest BCUT2D eigenvalue weighted by atomic mass is 32.2. The summed E-state index contributed by atoms with van der Waals surface area (Å²) in [6, 6.07) is 13.8. The molecule has 8 nitrogen and oxygen atoms in total. The third-order valence-corrected chi connectivity index (χ3v) is 18.0. The average molecular weight is 772 g/mol. The molecule has 0 radical (unpaired) electrons. The van der Waals surface area contributed by atoms with Crippen molar-refractivity contribution in [2.75, 3.05) is 6.54 Å². The molecule has 0 aromatic heterocycles. The molecule has 55 heavy (non-hydrogen) atoms. The number of sulfonamides is 1. The molecule has 2 amide bonds. The van der Waals surface area contributed by atoms with E-state index in [1.165, 1.54) is 37.0 Å². The lowest BCUT2D eigenvalue weighted by molar-refractivity contribution is -0.246. The zero-order chi connectivity index (χ0) is 39.8. The van der Waals surface area contributed by atoms with Gasteiger partial charge in [-0.05, 0) is 164 Å². The van der Waals surface area contributed by atoms with Crippen LogP contribution in [0.15, 0.2) is 65.6 Å². The maximum atomic E-state index is 14.7. The van der Waals surface area contributed by atoms with Gasteiger partial charge in [-0.2, -0.15) is 0 Å². The largest absolute Gasteiger partial charge is 0.393 e. The predicted molar refractivity (Wildman–Crippen MR) is 217 cm³/mol. The number of carbonyl (C=O) groups excluding carboxylic acids is 2. The van der Waals surface area contributed by atoms with Crippen LogP contribution in [0.2, 0.25) is 0 Å². The highest BCUT2D eigenvalue weighted by molar-refractivity contribution is 7.89. The number of allylic oxidation sites excluding steroid dienone is 1. The molecule has 2 aromatic carbocycles. The second-order valence-corrected chi connectivity index (χ2v) is 21.4. The lowest BCUT2D eigenvalue weighted by Gasteiger charge is -2.72. The lowest BCUT2D eigenvalue weighted by atomic mass is 9.32. The first-order valence-electron chi connectivity index (χ1n) is 20.9. The van der Waals surface area contributed by atoms with Crippen LogP contribution in [-0.2, 0) is 27.8 Å². The normalized spacial score (nSPS) is 37.7. The summed E-state index contributed by atoms with van der Waals surface area (Å²) >= 11 is 0. The summed E-state index contributed by atoms with van der Waals surface area (Å²) in [5.74, 6) is 2.18. The number of primary sulfonamides is 1. The Bertz CT molecular complexity index is 1940. The molecular weight excluding hydrogens is 707 g/mol. The highest BCUT2D eigenvalue weighted by Crippen LogP contribution is 2.77. The molecule has 5 fully saturated rings. The molecule has 0 bridgehead atoms. The van der Waals surface area contributed by atoms with Gasteiger partial charge in [0, 0.05) is 18.7 Å². The van der Waals surface area contributed by atoms with Crippen LogP contribution in [0.4, 0.5) is 0 Å². The van der Waals surface area contributed by atoms with E-state index in [1.807, 2.05) is 18.2 Å². The van der Waals surface area contributed by atoms with Crippen LogP contribution in [-0.4, -0.2) is 38.0 Å². The third-order valence-electron chi connectivity index (χ3n) is 17.1. The summed E-state index contributed by atoms with van der Waals surface area (Å²) in [4.78, 5) is 27.9. The van der Waals surface area contributed by atoms with Gasteiger partial charge in [-0.25, -0.2) is 13.6 Å². The fourth-order valence-electron chi connectivity index (χ4n) is 14.0. The number of benzene rings is 2. The van der Waals surface area contributed by atoms with Crippen molar-refractivity contribution in [1.29, 1.82) is 0 Å². The van der Waals surface area contributed by atoms with Gasteiger partial charge in [-0.15, -0.1) is 0 Å². The SMILES string of the molecule is C=C(C)[C@@H]1CC[C@]2(C(=O)NCc3cccc(C(=O)NCCc4ccc(S(N)(=O)=O)cc4)c3)CC[C@]3(C)C(CC[C@@H]4[C@@]5(C)CC[C@H](O)C(C)(C)C5CC[C@]43C)[C@@H]12. The molecule has 5 saturated carbocycles. The zero-order valence-corrected chi connectivity index (χ0v) is 34.9. The van der Waals surface area contributed by atoms with E-state index in [2.05, 4.69) is 58.8 Å². The van der Waals surface area contributed by atoms with Crippen LogP contribution in [0, 0.1) is 56.7 Å². The van der Waals surface area contributed by atoms with Crippen molar-refractivity contribution in [3.63, 3.8) is 0 Å². The Kier molecular flexibility index (Phi) is 10.3. The molecule has 0 saturated heterocycles. The Morgan fingerprint density at radius 2 is 1.56 bits per heavy atom. The van der Waals surface area contributed by atoms with E-state index < -0.39 is 15.4 Å². The molecule has 5 aliphatic carbocycles. The van der Waals surface area contributed by atoms with Crippen molar-refractivity contribution in [1.82, 2.24) is 10.6 Å². The maximum Gasteiger partial charge on any atom is 0.251 e. The fraction of sp³-hybridized carbons (Fsp3) is 0.652. The molecule has 300 valence electrons. The van der Waals surface area contributed by atoms with Crippen LogP contribution in [0.25, 0.3) is 0 Å². The quantitative estimate of drug-likeness (QED) is 0.192. The molecule has 2 aromatic rings. The Hall–Kier alpha value is -3.01. The van der Waals surface area contributed by atoms with Gasteiger partial charge in [0.15, 0.2) is 0 Å².